The van der Waals surface area contributed by atoms with Crippen molar-refractivity contribution in [3.63, 3.8) is 0 Å². The molecule has 1 unspecified atom stereocenters. The molecule has 1 saturated heterocycles. The van der Waals surface area contributed by atoms with Gasteiger partial charge in [-0.25, -0.2) is 0 Å². The van der Waals surface area contributed by atoms with Gasteiger partial charge < -0.3 is 5.11 Å². The van der Waals surface area contributed by atoms with Gasteiger partial charge in [-0.15, -0.1) is 0 Å². The maximum Gasteiger partial charge on any atom is 0.306 e. The lowest BCUT2D eigenvalue weighted by Crippen LogP contribution is -2.39. The lowest BCUT2D eigenvalue weighted by Gasteiger charge is -2.36. The quantitative estimate of drug-likeness (QED) is 0.858. The summed E-state index contributed by atoms with van der Waals surface area (Å²) in [5, 5.41) is 9.22. The Hall–Kier alpha value is -1.72. The van der Waals surface area contributed by atoms with E-state index in [-0.39, 0.29) is 12.0 Å². The van der Waals surface area contributed by atoms with Crippen molar-refractivity contribution in [1.29, 1.82) is 0 Å². The van der Waals surface area contributed by atoms with Gasteiger partial charge in [0.15, 0.2) is 0 Å². The summed E-state index contributed by atoms with van der Waals surface area (Å²) in [6.45, 7) is 3.57. The highest BCUT2D eigenvalue weighted by Crippen LogP contribution is 2.32. The van der Waals surface area contributed by atoms with Crippen LogP contribution in [-0.2, 0) is 4.79 Å². The molecule has 1 atom stereocenters. The monoisotopic (exact) mass is 388 g/mol. The van der Waals surface area contributed by atoms with Crippen molar-refractivity contribution in [1.82, 2.24) is 9.88 Å². The summed E-state index contributed by atoms with van der Waals surface area (Å²) < 4.78 is 1.05. The van der Waals surface area contributed by atoms with E-state index in [0.717, 1.165) is 28.8 Å². The number of hydrogen-bond donors (Lipinski definition) is 1. The fourth-order valence-corrected chi connectivity index (χ4v) is 3.52. The topological polar surface area (TPSA) is 53.4 Å². The summed E-state index contributed by atoms with van der Waals surface area (Å²) in [5.74, 6) is -0.902. The molecule has 1 N–H and O–H groups in total. The summed E-state index contributed by atoms with van der Waals surface area (Å²) in [4.78, 5) is 18.2. The minimum absolute atomic E-state index is 0.0634. The Morgan fingerprint density at radius 2 is 1.88 bits per heavy atom. The predicted molar refractivity (Wildman–Crippen MR) is 96.9 cm³/mol. The van der Waals surface area contributed by atoms with Crippen LogP contribution in [-0.4, -0.2) is 34.0 Å². The number of aryl methyl sites for hydroxylation is 1. The molecule has 2 aromatic rings. The molecule has 5 heteroatoms. The van der Waals surface area contributed by atoms with Crippen molar-refractivity contribution in [3.8, 4) is 0 Å². The van der Waals surface area contributed by atoms with Gasteiger partial charge in [-0.05, 0) is 62.2 Å². The zero-order valence-electron chi connectivity index (χ0n) is 13.7. The summed E-state index contributed by atoms with van der Waals surface area (Å²) in [7, 11) is 0. The summed E-state index contributed by atoms with van der Waals surface area (Å²) >= 11 is 3.49. The van der Waals surface area contributed by atoms with Crippen LogP contribution in [0.4, 0.5) is 0 Å². The van der Waals surface area contributed by atoms with E-state index in [4.69, 9.17) is 0 Å². The number of likely N-dealkylation sites (tertiary alicyclic amines) is 1. The molecule has 126 valence electrons. The SMILES string of the molecule is Cc1ccc(C(c2ccc(Br)cc2)N2CCC(C(=O)O)CC2)nc1. The lowest BCUT2D eigenvalue weighted by molar-refractivity contribution is -0.143. The molecule has 1 aromatic carbocycles. The first-order chi connectivity index (χ1) is 11.5. The van der Waals surface area contributed by atoms with Crippen molar-refractivity contribution < 1.29 is 9.90 Å². The van der Waals surface area contributed by atoms with Gasteiger partial charge in [0.25, 0.3) is 0 Å². The van der Waals surface area contributed by atoms with E-state index >= 15 is 0 Å². The fourth-order valence-electron chi connectivity index (χ4n) is 3.26. The number of nitrogens with zero attached hydrogens (tertiary/aromatic N) is 2. The Labute approximate surface area is 150 Å². The standard InChI is InChI=1S/C19H21BrN2O2/c1-13-2-7-17(21-12-13)18(14-3-5-16(20)6-4-14)22-10-8-15(9-11-22)19(23)24/h2-7,12,15,18H,8-11H2,1H3,(H,23,24). The minimum atomic E-state index is -0.677. The van der Waals surface area contributed by atoms with Crippen LogP contribution in [0.15, 0.2) is 47.1 Å². The van der Waals surface area contributed by atoms with Crippen LogP contribution in [0.25, 0.3) is 0 Å². The molecule has 2 heterocycles. The Morgan fingerprint density at radius 3 is 2.42 bits per heavy atom. The van der Waals surface area contributed by atoms with Crippen molar-refractivity contribution >= 4 is 21.9 Å². The van der Waals surface area contributed by atoms with Crippen molar-refractivity contribution in [3.05, 3.63) is 63.9 Å². The number of piperidine rings is 1. The molecular weight excluding hydrogens is 368 g/mol. The van der Waals surface area contributed by atoms with E-state index in [1.54, 1.807) is 0 Å². The Kier molecular flexibility index (Phi) is 5.31. The van der Waals surface area contributed by atoms with Gasteiger partial charge in [0, 0.05) is 10.7 Å². The lowest BCUT2D eigenvalue weighted by atomic mass is 9.93. The van der Waals surface area contributed by atoms with Crippen LogP contribution >= 0.6 is 15.9 Å². The van der Waals surface area contributed by atoms with Gasteiger partial charge in [0.2, 0.25) is 0 Å². The Bertz CT molecular complexity index is 647. The molecule has 0 bridgehead atoms. The first-order valence-corrected chi connectivity index (χ1v) is 8.99. The number of pyridine rings is 1. The molecule has 0 spiro atoms. The molecule has 0 aliphatic carbocycles. The maximum atomic E-state index is 11.2. The molecule has 3 rings (SSSR count). The molecule has 4 nitrogen and oxygen atoms in total. The summed E-state index contributed by atoms with van der Waals surface area (Å²) in [6, 6.07) is 12.5. The van der Waals surface area contributed by atoms with Crippen LogP contribution in [0.2, 0.25) is 0 Å². The predicted octanol–water partition coefficient (Wildman–Crippen LogP) is 4.04. The number of halogens is 1. The molecule has 0 amide bonds. The number of carboxylic acids is 1. The Morgan fingerprint density at radius 1 is 1.21 bits per heavy atom. The number of carboxylic acid groups (broad SMARTS) is 1. The molecular formula is C19H21BrN2O2. The second-order valence-corrected chi connectivity index (χ2v) is 7.28. The van der Waals surface area contributed by atoms with Crippen LogP contribution in [0.3, 0.4) is 0 Å². The molecule has 0 radical (unpaired) electrons. The van der Waals surface area contributed by atoms with Gasteiger partial charge in [-0.1, -0.05) is 34.1 Å². The minimum Gasteiger partial charge on any atom is -0.481 e. The molecule has 24 heavy (non-hydrogen) atoms. The van der Waals surface area contributed by atoms with Crippen LogP contribution in [0.1, 0.15) is 35.7 Å². The largest absolute Gasteiger partial charge is 0.481 e. The summed E-state index contributed by atoms with van der Waals surface area (Å²) in [6.07, 6.45) is 3.27. The molecule has 1 fully saturated rings. The van der Waals surface area contributed by atoms with Gasteiger partial charge in [0.1, 0.15) is 0 Å². The second kappa shape index (κ2) is 7.45. The zero-order chi connectivity index (χ0) is 17.1. The molecule has 0 saturated carbocycles. The van der Waals surface area contributed by atoms with E-state index in [9.17, 15) is 9.90 Å². The number of aliphatic carboxylic acids is 1. The number of benzene rings is 1. The van der Waals surface area contributed by atoms with Crippen LogP contribution < -0.4 is 0 Å². The highest BCUT2D eigenvalue weighted by molar-refractivity contribution is 9.10. The summed E-state index contributed by atoms with van der Waals surface area (Å²) in [5.41, 5.74) is 3.33. The average molecular weight is 389 g/mol. The third-order valence-corrected chi connectivity index (χ3v) is 5.17. The third kappa shape index (κ3) is 3.84. The molecule has 1 aromatic heterocycles. The van der Waals surface area contributed by atoms with Gasteiger partial charge in [-0.2, -0.15) is 0 Å². The highest BCUT2D eigenvalue weighted by Gasteiger charge is 2.30. The zero-order valence-corrected chi connectivity index (χ0v) is 15.2. The third-order valence-electron chi connectivity index (χ3n) is 4.64. The van der Waals surface area contributed by atoms with E-state index in [1.807, 2.05) is 25.3 Å². The normalized spacial score (nSPS) is 17.6. The smallest absolute Gasteiger partial charge is 0.306 e. The van der Waals surface area contributed by atoms with E-state index in [1.165, 1.54) is 5.56 Å². The van der Waals surface area contributed by atoms with Crippen molar-refractivity contribution in [2.75, 3.05) is 13.1 Å². The first kappa shape index (κ1) is 17.1. The van der Waals surface area contributed by atoms with Gasteiger partial charge in [-0.3, -0.25) is 14.7 Å². The number of aromatic nitrogens is 1. The first-order valence-electron chi connectivity index (χ1n) is 8.19. The Balaban J connectivity index is 1.89. The maximum absolute atomic E-state index is 11.2. The van der Waals surface area contributed by atoms with Gasteiger partial charge >= 0.3 is 5.97 Å². The van der Waals surface area contributed by atoms with Crippen LogP contribution in [0.5, 0.6) is 0 Å². The number of rotatable bonds is 4. The number of hydrogen-bond acceptors (Lipinski definition) is 3. The van der Waals surface area contributed by atoms with Crippen molar-refractivity contribution in [2.45, 2.75) is 25.8 Å². The highest BCUT2D eigenvalue weighted by atomic mass is 79.9. The second-order valence-electron chi connectivity index (χ2n) is 6.36. The van der Waals surface area contributed by atoms with E-state index < -0.39 is 5.97 Å². The van der Waals surface area contributed by atoms with Crippen LogP contribution in [0, 0.1) is 12.8 Å². The van der Waals surface area contributed by atoms with Crippen molar-refractivity contribution in [2.24, 2.45) is 5.92 Å². The molecule has 1 aliphatic heterocycles. The van der Waals surface area contributed by atoms with E-state index in [0.29, 0.717) is 12.8 Å². The fraction of sp³-hybridized carbons (Fsp3) is 0.368. The van der Waals surface area contributed by atoms with Gasteiger partial charge in [0.05, 0.1) is 17.7 Å². The number of carbonyl (C=O) groups is 1. The van der Waals surface area contributed by atoms with E-state index in [2.05, 4.69) is 50.1 Å². The average Bonchev–Trinajstić information content (AvgIpc) is 2.59. The molecule has 1 aliphatic rings.